The molecule has 1 atom stereocenters. The molecule has 1 aromatic carbocycles. The molecule has 0 spiro atoms. The van der Waals surface area contributed by atoms with Crippen molar-refractivity contribution in [2.45, 2.75) is 19.0 Å². The topological polar surface area (TPSA) is 39.1 Å². The van der Waals surface area contributed by atoms with Crippen LogP contribution < -0.4 is 10.2 Å². The van der Waals surface area contributed by atoms with Gasteiger partial charge in [0.1, 0.15) is 6.07 Å². The molecule has 0 radical (unpaired) electrons. The Hall–Kier alpha value is -1.74. The summed E-state index contributed by atoms with van der Waals surface area (Å²) in [7, 11) is 1.89. The van der Waals surface area contributed by atoms with E-state index in [1.165, 1.54) is 6.07 Å². The van der Waals surface area contributed by atoms with Crippen LogP contribution in [0.1, 0.15) is 24.0 Å². The van der Waals surface area contributed by atoms with E-state index in [1.807, 2.05) is 18.0 Å². The van der Waals surface area contributed by atoms with Crippen LogP contribution in [0, 0.1) is 17.2 Å². The number of anilines is 1. The molecule has 1 heterocycles. The van der Waals surface area contributed by atoms with Gasteiger partial charge in [-0.15, -0.1) is 0 Å². The number of hydrogen-bond acceptors (Lipinski definition) is 3. The summed E-state index contributed by atoms with van der Waals surface area (Å²) < 4.78 is 38.1. The molecule has 1 unspecified atom stereocenters. The molecular weight excluding hydrogens is 279 g/mol. The summed E-state index contributed by atoms with van der Waals surface area (Å²) in [6.45, 7) is 2.42. The van der Waals surface area contributed by atoms with Crippen molar-refractivity contribution in [1.29, 1.82) is 5.26 Å². The Balaban J connectivity index is 2.25. The third kappa shape index (κ3) is 3.67. The van der Waals surface area contributed by atoms with Crippen molar-refractivity contribution >= 4 is 5.69 Å². The van der Waals surface area contributed by atoms with Crippen molar-refractivity contribution in [2.24, 2.45) is 5.92 Å². The lowest BCUT2D eigenvalue weighted by atomic mass is 9.96. The molecule has 0 aromatic heterocycles. The number of nitriles is 1. The van der Waals surface area contributed by atoms with E-state index >= 15 is 0 Å². The fraction of sp³-hybridized carbons (Fsp3) is 0.533. The SMILES string of the molecule is CNCC1CCCN(c2ccc(C(F)(F)F)cc2C#N)C1. The number of alkyl halides is 3. The summed E-state index contributed by atoms with van der Waals surface area (Å²) in [5.41, 5.74) is -0.0761. The normalized spacial score (nSPS) is 19.4. The number of nitrogens with zero attached hydrogens (tertiary/aromatic N) is 2. The second-order valence-electron chi connectivity index (χ2n) is 5.35. The molecule has 1 aliphatic rings. The largest absolute Gasteiger partial charge is 0.416 e. The van der Waals surface area contributed by atoms with Crippen LogP contribution >= 0.6 is 0 Å². The molecule has 0 amide bonds. The highest BCUT2D eigenvalue weighted by atomic mass is 19.4. The van der Waals surface area contributed by atoms with Gasteiger partial charge in [-0.25, -0.2) is 0 Å². The first-order valence-electron chi connectivity index (χ1n) is 6.96. The quantitative estimate of drug-likeness (QED) is 0.932. The molecule has 0 aliphatic carbocycles. The minimum absolute atomic E-state index is 0.0925. The van der Waals surface area contributed by atoms with Crippen LogP contribution in [-0.2, 0) is 6.18 Å². The van der Waals surface area contributed by atoms with E-state index in [0.29, 0.717) is 11.6 Å². The van der Waals surface area contributed by atoms with E-state index in [4.69, 9.17) is 5.26 Å². The molecular formula is C15H18F3N3. The van der Waals surface area contributed by atoms with E-state index in [-0.39, 0.29) is 5.56 Å². The summed E-state index contributed by atoms with van der Waals surface area (Å²) in [5, 5.41) is 12.3. The summed E-state index contributed by atoms with van der Waals surface area (Å²) in [6, 6.07) is 5.31. The molecule has 1 saturated heterocycles. The lowest BCUT2D eigenvalue weighted by Gasteiger charge is -2.35. The predicted molar refractivity (Wildman–Crippen MR) is 75.0 cm³/mol. The fourth-order valence-electron chi connectivity index (χ4n) is 2.82. The first kappa shape index (κ1) is 15.6. The highest BCUT2D eigenvalue weighted by Crippen LogP contribution is 2.33. The number of piperidine rings is 1. The van der Waals surface area contributed by atoms with Gasteiger partial charge in [-0.1, -0.05) is 0 Å². The third-order valence-corrected chi connectivity index (χ3v) is 3.80. The van der Waals surface area contributed by atoms with Gasteiger partial charge in [0, 0.05) is 13.1 Å². The Kier molecular flexibility index (Phi) is 4.73. The maximum atomic E-state index is 12.7. The van der Waals surface area contributed by atoms with Gasteiger partial charge in [-0.2, -0.15) is 18.4 Å². The van der Waals surface area contributed by atoms with E-state index in [1.54, 1.807) is 0 Å². The highest BCUT2D eigenvalue weighted by Gasteiger charge is 2.32. The molecule has 1 N–H and O–H groups in total. The molecule has 0 saturated carbocycles. The zero-order valence-corrected chi connectivity index (χ0v) is 11.9. The van der Waals surface area contributed by atoms with Gasteiger partial charge in [0.05, 0.1) is 16.8 Å². The number of rotatable bonds is 3. The van der Waals surface area contributed by atoms with Crippen molar-refractivity contribution in [3.63, 3.8) is 0 Å². The molecule has 0 bridgehead atoms. The van der Waals surface area contributed by atoms with Crippen molar-refractivity contribution in [1.82, 2.24) is 5.32 Å². The van der Waals surface area contributed by atoms with E-state index in [0.717, 1.165) is 44.6 Å². The van der Waals surface area contributed by atoms with Crippen LogP contribution in [0.25, 0.3) is 0 Å². The maximum absolute atomic E-state index is 12.7. The predicted octanol–water partition coefficient (Wildman–Crippen LogP) is 3.01. The maximum Gasteiger partial charge on any atom is 0.416 e. The van der Waals surface area contributed by atoms with E-state index in [2.05, 4.69) is 5.32 Å². The second-order valence-corrected chi connectivity index (χ2v) is 5.35. The van der Waals surface area contributed by atoms with Crippen LogP contribution in [-0.4, -0.2) is 26.7 Å². The average Bonchev–Trinajstić information content (AvgIpc) is 2.46. The second kappa shape index (κ2) is 6.35. The third-order valence-electron chi connectivity index (χ3n) is 3.80. The zero-order chi connectivity index (χ0) is 15.5. The van der Waals surface area contributed by atoms with Crippen LogP contribution in [0.5, 0.6) is 0 Å². The van der Waals surface area contributed by atoms with Gasteiger partial charge in [0.2, 0.25) is 0 Å². The molecule has 1 aromatic rings. The van der Waals surface area contributed by atoms with E-state index < -0.39 is 11.7 Å². The first-order chi connectivity index (χ1) is 9.95. The minimum Gasteiger partial charge on any atom is -0.370 e. The van der Waals surface area contributed by atoms with Crippen molar-refractivity contribution in [3.05, 3.63) is 29.3 Å². The van der Waals surface area contributed by atoms with Crippen molar-refractivity contribution in [3.8, 4) is 6.07 Å². The molecule has 1 aliphatic heterocycles. The Morgan fingerprint density at radius 2 is 2.19 bits per heavy atom. The number of halogens is 3. The molecule has 6 heteroatoms. The van der Waals surface area contributed by atoms with Crippen LogP contribution in [0.4, 0.5) is 18.9 Å². The fourth-order valence-corrected chi connectivity index (χ4v) is 2.82. The van der Waals surface area contributed by atoms with Crippen LogP contribution in [0.2, 0.25) is 0 Å². The number of benzene rings is 1. The lowest BCUT2D eigenvalue weighted by molar-refractivity contribution is -0.137. The Morgan fingerprint density at radius 1 is 1.43 bits per heavy atom. The minimum atomic E-state index is -4.42. The molecule has 2 rings (SSSR count). The van der Waals surface area contributed by atoms with Gasteiger partial charge >= 0.3 is 6.18 Å². The summed E-state index contributed by atoms with van der Waals surface area (Å²) in [4.78, 5) is 2.02. The standard InChI is InChI=1S/C15H18F3N3/c1-20-9-11-3-2-6-21(10-11)14-5-4-13(15(16,17)18)7-12(14)8-19/h4-5,7,11,20H,2-3,6,9-10H2,1H3. The molecule has 3 nitrogen and oxygen atoms in total. The summed E-state index contributed by atoms with van der Waals surface area (Å²) >= 11 is 0. The molecule has 21 heavy (non-hydrogen) atoms. The van der Waals surface area contributed by atoms with Gasteiger partial charge in [-0.3, -0.25) is 0 Å². The van der Waals surface area contributed by atoms with Gasteiger partial charge in [0.15, 0.2) is 0 Å². The first-order valence-corrected chi connectivity index (χ1v) is 6.96. The highest BCUT2D eigenvalue weighted by molar-refractivity contribution is 5.61. The number of hydrogen-bond donors (Lipinski definition) is 1. The van der Waals surface area contributed by atoms with Crippen molar-refractivity contribution < 1.29 is 13.2 Å². The smallest absolute Gasteiger partial charge is 0.370 e. The monoisotopic (exact) mass is 297 g/mol. The number of nitrogens with one attached hydrogen (secondary N) is 1. The van der Waals surface area contributed by atoms with Crippen molar-refractivity contribution in [2.75, 3.05) is 31.6 Å². The van der Waals surface area contributed by atoms with Gasteiger partial charge in [-0.05, 0) is 50.6 Å². The Bertz CT molecular complexity index is 532. The van der Waals surface area contributed by atoms with Gasteiger partial charge in [0.25, 0.3) is 0 Å². The summed E-state index contributed by atoms with van der Waals surface area (Å²) in [5.74, 6) is 0.456. The van der Waals surface area contributed by atoms with Crippen LogP contribution in [0.15, 0.2) is 18.2 Å². The molecule has 114 valence electrons. The van der Waals surface area contributed by atoms with Gasteiger partial charge < -0.3 is 10.2 Å². The van der Waals surface area contributed by atoms with E-state index in [9.17, 15) is 13.2 Å². The average molecular weight is 297 g/mol. The lowest BCUT2D eigenvalue weighted by Crippen LogP contribution is -2.39. The van der Waals surface area contributed by atoms with Crippen LogP contribution in [0.3, 0.4) is 0 Å². The summed E-state index contributed by atoms with van der Waals surface area (Å²) in [6.07, 6.45) is -2.33. The Morgan fingerprint density at radius 3 is 2.81 bits per heavy atom. The zero-order valence-electron chi connectivity index (χ0n) is 11.9. The molecule has 1 fully saturated rings. The Labute approximate surface area is 122 Å².